The van der Waals surface area contributed by atoms with Crippen molar-refractivity contribution in [3.63, 3.8) is 0 Å². The summed E-state index contributed by atoms with van der Waals surface area (Å²) in [5, 5.41) is 4.11. The van der Waals surface area contributed by atoms with Gasteiger partial charge in [-0.15, -0.1) is 6.42 Å². The topological polar surface area (TPSA) is 85.5 Å². The van der Waals surface area contributed by atoms with E-state index >= 15 is 0 Å². The Bertz CT molecular complexity index is 972. The fraction of sp³-hybridized carbons (Fsp3) is 0.389. The van der Waals surface area contributed by atoms with Crippen LogP contribution in [-0.2, 0) is 14.8 Å². The molecule has 3 rings (SSSR count). The highest BCUT2D eigenvalue weighted by Crippen LogP contribution is 2.23. The lowest BCUT2D eigenvalue weighted by atomic mass is 10.1. The number of amides is 1. The molecule has 0 spiro atoms. The molecular weight excluding hydrogens is 352 g/mol. The summed E-state index contributed by atoms with van der Waals surface area (Å²) in [7, 11) is -0.293. The molecule has 0 radical (unpaired) electrons. The number of aromatic nitrogens is 1. The number of hydrogen-bond donors (Lipinski definition) is 2. The van der Waals surface area contributed by atoms with Crippen LogP contribution in [0.25, 0.3) is 10.9 Å². The van der Waals surface area contributed by atoms with Crippen LogP contribution in [0.3, 0.4) is 0 Å². The Morgan fingerprint density at radius 2 is 2.15 bits per heavy atom. The van der Waals surface area contributed by atoms with Gasteiger partial charge >= 0.3 is 0 Å². The third-order valence-electron chi connectivity index (χ3n) is 4.52. The monoisotopic (exact) mass is 374 g/mol. The van der Waals surface area contributed by atoms with Crippen molar-refractivity contribution in [2.75, 3.05) is 33.7 Å². The molecule has 1 atom stereocenters. The number of piperazine rings is 1. The van der Waals surface area contributed by atoms with E-state index in [1.807, 2.05) is 0 Å². The minimum Gasteiger partial charge on any atom is -0.349 e. The maximum Gasteiger partial charge on any atom is 0.258 e. The Hall–Kier alpha value is -2.34. The van der Waals surface area contributed by atoms with Gasteiger partial charge in [0.1, 0.15) is 5.03 Å². The van der Waals surface area contributed by atoms with Gasteiger partial charge in [-0.25, -0.2) is 8.42 Å². The molecule has 1 unspecified atom stereocenters. The molecule has 0 aliphatic carbocycles. The fourth-order valence-corrected chi connectivity index (χ4v) is 4.52. The predicted molar refractivity (Wildman–Crippen MR) is 100 cm³/mol. The summed E-state index contributed by atoms with van der Waals surface area (Å²) in [5.41, 5.74) is 1.42. The second kappa shape index (κ2) is 7.11. The smallest absolute Gasteiger partial charge is 0.258 e. The Labute approximate surface area is 153 Å². The molecule has 138 valence electrons. The zero-order valence-electron chi connectivity index (χ0n) is 14.8. The molecule has 1 aromatic carbocycles. The second-order valence-electron chi connectivity index (χ2n) is 6.59. The van der Waals surface area contributed by atoms with E-state index in [4.69, 9.17) is 6.42 Å². The number of terminal acetylenes is 1. The maximum absolute atomic E-state index is 13.0. The fourth-order valence-electron chi connectivity index (χ4n) is 3.02. The predicted octanol–water partition coefficient (Wildman–Crippen LogP) is 0.590. The van der Waals surface area contributed by atoms with Gasteiger partial charge in [-0.3, -0.25) is 4.79 Å². The number of hydrogen-bond acceptors (Lipinski definition) is 4. The molecule has 1 amide bonds. The number of carbonyl (C=O) groups is 1. The number of nitrogens with one attached hydrogen (secondary N) is 2. The Morgan fingerprint density at radius 1 is 1.38 bits per heavy atom. The van der Waals surface area contributed by atoms with Crippen molar-refractivity contribution in [3.05, 3.63) is 29.8 Å². The maximum atomic E-state index is 13.0. The van der Waals surface area contributed by atoms with Crippen LogP contribution >= 0.6 is 0 Å². The highest BCUT2D eigenvalue weighted by molar-refractivity contribution is 7.89. The molecule has 2 aromatic rings. The van der Waals surface area contributed by atoms with E-state index in [0.717, 1.165) is 10.9 Å². The summed E-state index contributed by atoms with van der Waals surface area (Å²) in [4.78, 5) is 16.4. The zero-order valence-corrected chi connectivity index (χ0v) is 15.6. The highest BCUT2D eigenvalue weighted by atomic mass is 32.2. The van der Waals surface area contributed by atoms with Crippen molar-refractivity contribution in [1.82, 2.24) is 19.5 Å². The minimum atomic E-state index is -3.67. The number of aromatic amines is 1. The van der Waals surface area contributed by atoms with Crippen molar-refractivity contribution in [2.24, 2.45) is 0 Å². The lowest BCUT2D eigenvalue weighted by Crippen LogP contribution is -2.53. The SMILES string of the molecule is C#Cc1ccc2[nH]c(S(=O)(=O)N3CCNC(CC(=O)N(C)C)C3)cc2c1. The van der Waals surface area contributed by atoms with E-state index in [1.165, 1.54) is 9.21 Å². The van der Waals surface area contributed by atoms with Crippen LogP contribution in [0, 0.1) is 12.3 Å². The van der Waals surface area contributed by atoms with Gasteiger partial charge in [0.2, 0.25) is 5.91 Å². The minimum absolute atomic E-state index is 0.0332. The van der Waals surface area contributed by atoms with Crippen molar-refractivity contribution < 1.29 is 13.2 Å². The third-order valence-corrected chi connectivity index (χ3v) is 6.31. The summed E-state index contributed by atoms with van der Waals surface area (Å²) in [6.07, 6.45) is 5.66. The zero-order chi connectivity index (χ0) is 18.9. The molecule has 1 aliphatic heterocycles. The first-order chi connectivity index (χ1) is 12.3. The standard InChI is InChI=1S/C18H22N4O3S/c1-4-13-5-6-16-14(9-13)10-17(20-16)26(24,25)22-8-7-19-15(12-22)11-18(23)21(2)3/h1,5-6,9-10,15,19-20H,7-8,11-12H2,2-3H3. The molecule has 8 heteroatoms. The molecule has 1 saturated heterocycles. The lowest BCUT2D eigenvalue weighted by molar-refractivity contribution is -0.129. The average molecular weight is 374 g/mol. The average Bonchev–Trinajstić information content (AvgIpc) is 3.05. The van der Waals surface area contributed by atoms with E-state index in [-0.39, 0.29) is 29.9 Å². The molecule has 26 heavy (non-hydrogen) atoms. The molecule has 0 bridgehead atoms. The quantitative estimate of drug-likeness (QED) is 0.767. The van der Waals surface area contributed by atoms with Crippen molar-refractivity contribution in [3.8, 4) is 12.3 Å². The van der Waals surface area contributed by atoms with Crippen molar-refractivity contribution in [1.29, 1.82) is 0 Å². The van der Waals surface area contributed by atoms with Crippen LogP contribution in [0.4, 0.5) is 0 Å². The Morgan fingerprint density at radius 3 is 2.85 bits per heavy atom. The van der Waals surface area contributed by atoms with Gasteiger partial charge in [0, 0.05) is 62.7 Å². The van der Waals surface area contributed by atoms with Crippen LogP contribution in [-0.4, -0.2) is 68.3 Å². The van der Waals surface area contributed by atoms with Gasteiger partial charge in [0.15, 0.2) is 0 Å². The molecule has 1 aliphatic rings. The summed E-state index contributed by atoms with van der Waals surface area (Å²) in [5.74, 6) is 2.51. The number of carbonyl (C=O) groups excluding carboxylic acids is 1. The number of nitrogens with zero attached hydrogens (tertiary/aromatic N) is 2. The van der Waals surface area contributed by atoms with E-state index in [2.05, 4.69) is 16.2 Å². The van der Waals surface area contributed by atoms with Crippen LogP contribution < -0.4 is 5.32 Å². The van der Waals surface area contributed by atoms with Gasteiger partial charge in [0.25, 0.3) is 10.0 Å². The highest BCUT2D eigenvalue weighted by Gasteiger charge is 2.32. The molecular formula is C18H22N4O3S. The largest absolute Gasteiger partial charge is 0.349 e. The summed E-state index contributed by atoms with van der Waals surface area (Å²) in [6, 6.07) is 6.73. The summed E-state index contributed by atoms with van der Waals surface area (Å²) < 4.78 is 27.4. The van der Waals surface area contributed by atoms with E-state index < -0.39 is 10.0 Å². The number of sulfonamides is 1. The third kappa shape index (κ3) is 3.60. The van der Waals surface area contributed by atoms with Crippen molar-refractivity contribution in [2.45, 2.75) is 17.5 Å². The van der Waals surface area contributed by atoms with Crippen LogP contribution in [0.1, 0.15) is 12.0 Å². The Balaban J connectivity index is 1.83. The normalized spacial score (nSPS) is 18.6. The Kier molecular flexibility index (Phi) is 5.05. The van der Waals surface area contributed by atoms with Gasteiger partial charge in [-0.1, -0.05) is 5.92 Å². The van der Waals surface area contributed by atoms with Gasteiger partial charge in [-0.05, 0) is 24.3 Å². The number of fused-ring (bicyclic) bond motifs is 1. The molecule has 7 nitrogen and oxygen atoms in total. The van der Waals surface area contributed by atoms with Crippen LogP contribution in [0.15, 0.2) is 29.3 Å². The first-order valence-electron chi connectivity index (χ1n) is 8.34. The molecule has 1 aromatic heterocycles. The molecule has 0 saturated carbocycles. The molecule has 1 fully saturated rings. The van der Waals surface area contributed by atoms with Crippen LogP contribution in [0.2, 0.25) is 0 Å². The number of H-pyrrole nitrogens is 1. The second-order valence-corrected chi connectivity index (χ2v) is 8.49. The van der Waals surface area contributed by atoms with E-state index in [9.17, 15) is 13.2 Å². The van der Waals surface area contributed by atoms with Gasteiger partial charge in [-0.2, -0.15) is 4.31 Å². The van der Waals surface area contributed by atoms with Crippen molar-refractivity contribution >= 4 is 26.8 Å². The lowest BCUT2D eigenvalue weighted by Gasteiger charge is -2.32. The number of rotatable bonds is 4. The van der Waals surface area contributed by atoms with Gasteiger partial charge in [0.05, 0.1) is 0 Å². The molecule has 2 heterocycles. The summed E-state index contributed by atoms with van der Waals surface area (Å²) in [6.45, 7) is 1.12. The first-order valence-corrected chi connectivity index (χ1v) is 9.78. The van der Waals surface area contributed by atoms with E-state index in [1.54, 1.807) is 38.4 Å². The number of benzene rings is 1. The summed E-state index contributed by atoms with van der Waals surface area (Å²) >= 11 is 0. The van der Waals surface area contributed by atoms with Crippen LogP contribution in [0.5, 0.6) is 0 Å². The molecule has 2 N–H and O–H groups in total. The first kappa shape index (κ1) is 18.5. The van der Waals surface area contributed by atoms with E-state index in [0.29, 0.717) is 18.7 Å². The van der Waals surface area contributed by atoms with Gasteiger partial charge < -0.3 is 15.2 Å².